The van der Waals surface area contributed by atoms with Crippen LogP contribution in [0.5, 0.6) is 5.75 Å². The minimum Gasteiger partial charge on any atom is -0.496 e. The number of sulfonamides is 1. The van der Waals surface area contributed by atoms with E-state index < -0.39 is 45.8 Å². The lowest BCUT2D eigenvalue weighted by Crippen LogP contribution is -2.41. The maximum absolute atomic E-state index is 14.2. The van der Waals surface area contributed by atoms with Crippen molar-refractivity contribution in [3.63, 3.8) is 0 Å². The SMILES string of the molecule is COc1cc(C)c([C@@H](C)NC(=O)CN(c2ccc(F)cc2F)S(C)(=O)=O)cc1C(C)C. The van der Waals surface area contributed by atoms with Crippen LogP contribution in [0.4, 0.5) is 14.5 Å². The molecule has 0 spiro atoms. The van der Waals surface area contributed by atoms with Crippen LogP contribution in [0, 0.1) is 18.6 Å². The zero-order valence-electron chi connectivity index (χ0n) is 18.5. The third kappa shape index (κ3) is 5.94. The predicted octanol–water partition coefficient (Wildman–Crippen LogP) is 4.05. The molecule has 2 rings (SSSR count). The Hall–Kier alpha value is -2.68. The number of hydrogen-bond donors (Lipinski definition) is 1. The molecule has 2 aromatic rings. The molecule has 0 unspecified atom stereocenters. The van der Waals surface area contributed by atoms with Gasteiger partial charge >= 0.3 is 0 Å². The number of halogens is 2. The molecule has 0 aliphatic carbocycles. The molecule has 0 saturated heterocycles. The fraction of sp³-hybridized carbons (Fsp3) is 0.409. The van der Waals surface area contributed by atoms with Gasteiger partial charge in [-0.2, -0.15) is 0 Å². The summed E-state index contributed by atoms with van der Waals surface area (Å²) >= 11 is 0. The van der Waals surface area contributed by atoms with Crippen LogP contribution in [0.2, 0.25) is 0 Å². The van der Waals surface area contributed by atoms with E-state index in [9.17, 15) is 22.0 Å². The number of hydrogen-bond acceptors (Lipinski definition) is 4. The molecular weight excluding hydrogens is 426 g/mol. The highest BCUT2D eigenvalue weighted by molar-refractivity contribution is 7.92. The van der Waals surface area contributed by atoms with Crippen LogP contribution in [0.3, 0.4) is 0 Å². The first-order valence-corrected chi connectivity index (χ1v) is 11.6. The quantitative estimate of drug-likeness (QED) is 0.653. The van der Waals surface area contributed by atoms with Gasteiger partial charge in [-0.15, -0.1) is 0 Å². The lowest BCUT2D eigenvalue weighted by atomic mass is 9.93. The Balaban J connectivity index is 2.28. The van der Waals surface area contributed by atoms with Crippen LogP contribution in [-0.2, 0) is 14.8 Å². The highest BCUT2D eigenvalue weighted by Crippen LogP contribution is 2.32. The minimum atomic E-state index is -3.99. The number of methoxy groups -OCH3 is 1. The molecule has 0 saturated carbocycles. The number of aryl methyl sites for hydroxylation is 1. The van der Waals surface area contributed by atoms with Crippen molar-refractivity contribution in [2.24, 2.45) is 0 Å². The van der Waals surface area contributed by atoms with Crippen molar-refractivity contribution in [2.75, 3.05) is 24.2 Å². The molecule has 1 amide bonds. The number of anilines is 1. The summed E-state index contributed by atoms with van der Waals surface area (Å²) in [5.41, 5.74) is 2.35. The maximum atomic E-state index is 14.2. The Morgan fingerprint density at radius 1 is 1.13 bits per heavy atom. The monoisotopic (exact) mass is 454 g/mol. The Bertz CT molecular complexity index is 1070. The van der Waals surface area contributed by atoms with E-state index in [1.165, 1.54) is 0 Å². The van der Waals surface area contributed by atoms with Crippen molar-refractivity contribution < 1.29 is 26.7 Å². The first-order valence-electron chi connectivity index (χ1n) is 9.75. The summed E-state index contributed by atoms with van der Waals surface area (Å²) in [6, 6.07) is 5.91. The van der Waals surface area contributed by atoms with Crippen LogP contribution < -0.4 is 14.4 Å². The average Bonchev–Trinajstić information content (AvgIpc) is 2.65. The van der Waals surface area contributed by atoms with E-state index in [1.807, 2.05) is 32.9 Å². The van der Waals surface area contributed by atoms with Crippen molar-refractivity contribution in [3.8, 4) is 5.75 Å². The van der Waals surface area contributed by atoms with Gasteiger partial charge in [0, 0.05) is 6.07 Å². The largest absolute Gasteiger partial charge is 0.496 e. The number of carbonyl (C=O) groups is 1. The molecule has 0 aliphatic heterocycles. The van der Waals surface area contributed by atoms with Crippen LogP contribution in [0.15, 0.2) is 30.3 Å². The van der Waals surface area contributed by atoms with Crippen molar-refractivity contribution in [1.29, 1.82) is 0 Å². The van der Waals surface area contributed by atoms with Gasteiger partial charge in [0.25, 0.3) is 0 Å². The smallest absolute Gasteiger partial charge is 0.241 e. The molecule has 6 nitrogen and oxygen atoms in total. The molecule has 0 aliphatic rings. The number of nitrogens with one attached hydrogen (secondary N) is 1. The summed E-state index contributed by atoms with van der Waals surface area (Å²) in [5.74, 6) is -1.59. The summed E-state index contributed by atoms with van der Waals surface area (Å²) < 4.78 is 57.8. The first-order chi connectivity index (χ1) is 14.3. The maximum Gasteiger partial charge on any atom is 0.241 e. The topological polar surface area (TPSA) is 75.7 Å². The summed E-state index contributed by atoms with van der Waals surface area (Å²) in [4.78, 5) is 12.7. The highest BCUT2D eigenvalue weighted by atomic mass is 32.2. The van der Waals surface area contributed by atoms with Gasteiger partial charge in [-0.1, -0.05) is 13.8 Å². The third-order valence-corrected chi connectivity index (χ3v) is 6.08. The minimum absolute atomic E-state index is 0.194. The van der Waals surface area contributed by atoms with Crippen LogP contribution in [0.1, 0.15) is 49.4 Å². The summed E-state index contributed by atoms with van der Waals surface area (Å²) in [7, 11) is -2.39. The average molecular weight is 455 g/mol. The van der Waals surface area contributed by atoms with Crippen molar-refractivity contribution in [3.05, 3.63) is 58.7 Å². The van der Waals surface area contributed by atoms with Crippen molar-refractivity contribution in [1.82, 2.24) is 5.32 Å². The van der Waals surface area contributed by atoms with E-state index in [0.717, 1.165) is 40.8 Å². The second-order valence-electron chi connectivity index (χ2n) is 7.76. The summed E-state index contributed by atoms with van der Waals surface area (Å²) in [6.07, 6.45) is 0.856. The van der Waals surface area contributed by atoms with Crippen LogP contribution >= 0.6 is 0 Å². The lowest BCUT2D eigenvalue weighted by molar-refractivity contribution is -0.120. The molecule has 1 atom stereocenters. The van der Waals surface area contributed by atoms with E-state index in [-0.39, 0.29) is 5.92 Å². The number of rotatable bonds is 8. The first kappa shape index (κ1) is 24.6. The molecule has 0 fully saturated rings. The van der Waals surface area contributed by atoms with E-state index in [1.54, 1.807) is 14.0 Å². The third-order valence-electron chi connectivity index (χ3n) is 4.95. The summed E-state index contributed by atoms with van der Waals surface area (Å²) in [6.45, 7) is 7.09. The van der Waals surface area contributed by atoms with Gasteiger partial charge in [0.2, 0.25) is 15.9 Å². The van der Waals surface area contributed by atoms with Crippen LogP contribution in [-0.4, -0.2) is 34.2 Å². The van der Waals surface area contributed by atoms with E-state index in [4.69, 9.17) is 4.74 Å². The molecule has 0 heterocycles. The van der Waals surface area contributed by atoms with Gasteiger partial charge in [0.05, 0.1) is 25.1 Å². The lowest BCUT2D eigenvalue weighted by Gasteiger charge is -2.25. The molecule has 1 N–H and O–H groups in total. The van der Waals surface area contributed by atoms with E-state index >= 15 is 0 Å². The van der Waals surface area contributed by atoms with Gasteiger partial charge in [-0.3, -0.25) is 9.10 Å². The Morgan fingerprint density at radius 3 is 2.29 bits per heavy atom. The standard InChI is InChI=1S/C22H28F2N2O4S/c1-13(2)17-11-18(14(3)9-21(17)30-5)15(4)25-22(27)12-26(31(6,28)29)20-8-7-16(23)10-19(20)24/h7-11,13,15H,12H2,1-6H3,(H,25,27)/t15-/m1/s1. The Kier molecular flexibility index (Phi) is 7.64. The van der Waals surface area contributed by atoms with Crippen molar-refractivity contribution in [2.45, 2.75) is 39.7 Å². The molecule has 31 heavy (non-hydrogen) atoms. The molecule has 0 aromatic heterocycles. The number of ether oxygens (including phenoxy) is 1. The van der Waals surface area contributed by atoms with Crippen molar-refractivity contribution >= 4 is 21.6 Å². The fourth-order valence-electron chi connectivity index (χ4n) is 3.37. The fourth-order valence-corrected chi connectivity index (χ4v) is 4.23. The molecule has 0 bridgehead atoms. The van der Waals surface area contributed by atoms with Gasteiger partial charge in [-0.05, 0) is 60.7 Å². The summed E-state index contributed by atoms with van der Waals surface area (Å²) in [5, 5.41) is 2.76. The zero-order chi connectivity index (χ0) is 23.5. The number of carbonyl (C=O) groups excluding carboxylic acids is 1. The van der Waals surface area contributed by atoms with Crippen LogP contribution in [0.25, 0.3) is 0 Å². The number of benzene rings is 2. The highest BCUT2D eigenvalue weighted by Gasteiger charge is 2.25. The van der Waals surface area contributed by atoms with Gasteiger partial charge in [-0.25, -0.2) is 17.2 Å². The predicted molar refractivity (Wildman–Crippen MR) is 117 cm³/mol. The molecular formula is C22H28F2N2O4S. The van der Waals surface area contributed by atoms with Gasteiger partial charge in [0.1, 0.15) is 23.9 Å². The van der Waals surface area contributed by atoms with E-state index in [2.05, 4.69) is 5.32 Å². The van der Waals surface area contributed by atoms with Gasteiger partial charge < -0.3 is 10.1 Å². The molecule has 2 aromatic carbocycles. The normalized spacial score (nSPS) is 12.5. The molecule has 170 valence electrons. The molecule has 9 heteroatoms. The Morgan fingerprint density at radius 2 is 1.77 bits per heavy atom. The number of amides is 1. The van der Waals surface area contributed by atoms with E-state index in [0.29, 0.717) is 10.4 Å². The van der Waals surface area contributed by atoms with Gasteiger partial charge in [0.15, 0.2) is 0 Å². The second kappa shape index (κ2) is 9.64. The zero-order valence-corrected chi connectivity index (χ0v) is 19.3. The number of nitrogens with zero attached hydrogens (tertiary/aromatic N) is 1. The second-order valence-corrected chi connectivity index (χ2v) is 9.67. The Labute approximate surface area is 182 Å². The molecule has 0 radical (unpaired) electrons.